The van der Waals surface area contributed by atoms with Crippen LogP contribution in [0.3, 0.4) is 0 Å². The summed E-state index contributed by atoms with van der Waals surface area (Å²) in [6.45, 7) is 3.26. The third-order valence-electron chi connectivity index (χ3n) is 5.12. The summed E-state index contributed by atoms with van der Waals surface area (Å²) in [4.78, 5) is 18.9. The molecule has 5 heterocycles. The van der Waals surface area contributed by atoms with Crippen LogP contribution in [0.15, 0.2) is 50.3 Å². The second-order valence-electron chi connectivity index (χ2n) is 6.88. The summed E-state index contributed by atoms with van der Waals surface area (Å²) >= 11 is 0. The Morgan fingerprint density at radius 2 is 2.12 bits per heavy atom. The van der Waals surface area contributed by atoms with Gasteiger partial charge in [-0.25, -0.2) is 0 Å². The lowest BCUT2D eigenvalue weighted by molar-refractivity contribution is 0.104. The Morgan fingerprint density at radius 1 is 1.16 bits per heavy atom. The van der Waals surface area contributed by atoms with Gasteiger partial charge in [-0.1, -0.05) is 11.2 Å². The molecule has 0 saturated carbocycles. The molecule has 3 aromatic heterocycles. The van der Waals surface area contributed by atoms with Gasteiger partial charge in [0.2, 0.25) is 11.7 Å². The van der Waals surface area contributed by atoms with Crippen LogP contribution >= 0.6 is 0 Å². The van der Waals surface area contributed by atoms with Crippen LogP contribution in [-0.2, 0) is 13.1 Å². The van der Waals surface area contributed by atoms with E-state index in [0.717, 1.165) is 31.7 Å². The van der Waals surface area contributed by atoms with Crippen molar-refractivity contribution >= 4 is 0 Å². The molecule has 0 aliphatic carbocycles. The number of hydrogen-bond acceptors (Lipinski definition) is 6. The van der Waals surface area contributed by atoms with Crippen molar-refractivity contribution in [1.29, 1.82) is 0 Å². The molecule has 0 amide bonds. The first-order valence-electron chi connectivity index (χ1n) is 8.55. The first kappa shape index (κ1) is 14.7. The van der Waals surface area contributed by atoms with E-state index < -0.39 is 0 Å². The molecule has 0 N–H and O–H groups in total. The van der Waals surface area contributed by atoms with Gasteiger partial charge in [0.15, 0.2) is 5.76 Å². The maximum Gasteiger partial charge on any atom is 0.250 e. The average molecular weight is 338 g/mol. The number of furan rings is 1. The summed E-state index contributed by atoms with van der Waals surface area (Å²) in [5.41, 5.74) is 1.26. The lowest BCUT2D eigenvalue weighted by atomic mass is 9.83. The largest absolute Gasteiger partial charge is 0.461 e. The minimum atomic E-state index is 0.112. The Labute approximate surface area is 143 Å². The lowest BCUT2D eigenvalue weighted by Gasteiger charge is -2.42. The molecule has 0 unspecified atom stereocenters. The van der Waals surface area contributed by atoms with E-state index in [2.05, 4.69) is 21.1 Å². The van der Waals surface area contributed by atoms with E-state index in [4.69, 9.17) is 8.94 Å². The summed E-state index contributed by atoms with van der Waals surface area (Å²) in [6.07, 6.45) is 2.73. The molecule has 5 rings (SSSR count). The number of piperidine rings is 1. The Kier molecular flexibility index (Phi) is 3.34. The van der Waals surface area contributed by atoms with Gasteiger partial charge in [0.05, 0.1) is 12.8 Å². The van der Waals surface area contributed by atoms with Crippen molar-refractivity contribution in [3.8, 4) is 11.6 Å². The molecule has 25 heavy (non-hydrogen) atoms. The molecule has 3 aromatic rings. The fraction of sp³-hybridized carbons (Fsp3) is 0.389. The van der Waals surface area contributed by atoms with Crippen LogP contribution in [0.25, 0.3) is 11.6 Å². The standard InChI is InChI=1S/C18H18N4O3/c23-17-5-1-3-14-13-7-12(9-22(14)17)8-21(10-13)11-16-19-18(20-25-16)15-4-2-6-24-15/h1-6,12-13H,7-11H2/t12-,13+/m1/s1. The van der Waals surface area contributed by atoms with E-state index in [1.807, 2.05) is 16.7 Å². The molecule has 1 saturated heterocycles. The van der Waals surface area contributed by atoms with Crippen LogP contribution in [-0.4, -0.2) is 32.7 Å². The van der Waals surface area contributed by atoms with E-state index in [9.17, 15) is 4.79 Å². The number of pyridine rings is 1. The van der Waals surface area contributed by atoms with Gasteiger partial charge in [0, 0.05) is 37.3 Å². The second kappa shape index (κ2) is 5.70. The van der Waals surface area contributed by atoms with E-state index in [1.165, 1.54) is 0 Å². The van der Waals surface area contributed by atoms with Crippen LogP contribution in [0.1, 0.15) is 23.9 Å². The van der Waals surface area contributed by atoms with Gasteiger partial charge in [-0.15, -0.1) is 0 Å². The maximum atomic E-state index is 12.1. The van der Waals surface area contributed by atoms with Gasteiger partial charge >= 0.3 is 0 Å². The van der Waals surface area contributed by atoms with Gasteiger partial charge in [0.25, 0.3) is 5.56 Å². The zero-order valence-corrected chi connectivity index (χ0v) is 13.7. The summed E-state index contributed by atoms with van der Waals surface area (Å²) in [6, 6.07) is 9.21. The Bertz CT molecular complexity index is 943. The molecular weight excluding hydrogens is 320 g/mol. The van der Waals surface area contributed by atoms with Crippen LogP contribution in [0.2, 0.25) is 0 Å². The van der Waals surface area contributed by atoms with Crippen LogP contribution in [0.5, 0.6) is 0 Å². The molecule has 2 bridgehead atoms. The van der Waals surface area contributed by atoms with Crippen molar-refractivity contribution in [3.63, 3.8) is 0 Å². The predicted molar refractivity (Wildman–Crippen MR) is 88.8 cm³/mol. The van der Waals surface area contributed by atoms with Crippen LogP contribution in [0.4, 0.5) is 0 Å². The molecule has 0 spiro atoms. The summed E-state index contributed by atoms with van der Waals surface area (Å²) < 4.78 is 12.6. The maximum absolute atomic E-state index is 12.1. The molecule has 7 nitrogen and oxygen atoms in total. The summed E-state index contributed by atoms with van der Waals surface area (Å²) in [7, 11) is 0. The molecule has 128 valence electrons. The Balaban J connectivity index is 1.35. The minimum Gasteiger partial charge on any atom is -0.461 e. The van der Waals surface area contributed by atoms with E-state index in [0.29, 0.717) is 35.9 Å². The average Bonchev–Trinajstić information content (AvgIpc) is 3.27. The zero-order chi connectivity index (χ0) is 16.8. The first-order chi connectivity index (χ1) is 12.3. The molecular formula is C18H18N4O3. The van der Waals surface area contributed by atoms with E-state index in [1.54, 1.807) is 18.4 Å². The topological polar surface area (TPSA) is 77.3 Å². The predicted octanol–water partition coefficient (Wildman–Crippen LogP) is 2.11. The Morgan fingerprint density at radius 3 is 3.00 bits per heavy atom. The van der Waals surface area contributed by atoms with Crippen molar-refractivity contribution in [2.45, 2.75) is 25.4 Å². The van der Waals surface area contributed by atoms with Crippen molar-refractivity contribution < 1.29 is 8.94 Å². The van der Waals surface area contributed by atoms with Gasteiger partial charge in [0.1, 0.15) is 0 Å². The number of likely N-dealkylation sites (tertiary alicyclic amines) is 1. The first-order valence-corrected chi connectivity index (χ1v) is 8.55. The normalized spacial score (nSPS) is 22.7. The summed E-state index contributed by atoms with van der Waals surface area (Å²) in [5.74, 6) is 2.55. The van der Waals surface area contributed by atoms with Crippen molar-refractivity contribution in [2.24, 2.45) is 5.92 Å². The SMILES string of the molecule is O=c1cccc2n1C[C@@H]1C[C@H]2CN(Cc2nc(-c3ccco3)no2)C1. The zero-order valence-electron chi connectivity index (χ0n) is 13.7. The Hall–Kier alpha value is -2.67. The van der Waals surface area contributed by atoms with Crippen molar-refractivity contribution in [3.05, 3.63) is 58.5 Å². The van der Waals surface area contributed by atoms with Crippen LogP contribution < -0.4 is 5.56 Å². The molecule has 7 heteroatoms. The summed E-state index contributed by atoms with van der Waals surface area (Å²) in [5, 5.41) is 3.99. The monoisotopic (exact) mass is 338 g/mol. The fourth-order valence-electron chi connectivity index (χ4n) is 4.14. The molecule has 1 fully saturated rings. The third-order valence-corrected chi connectivity index (χ3v) is 5.12. The number of rotatable bonds is 3. The van der Waals surface area contributed by atoms with Gasteiger partial charge in [-0.2, -0.15) is 4.98 Å². The van der Waals surface area contributed by atoms with Crippen molar-refractivity contribution in [2.75, 3.05) is 13.1 Å². The fourth-order valence-corrected chi connectivity index (χ4v) is 4.14. The van der Waals surface area contributed by atoms with Crippen LogP contribution in [0, 0.1) is 5.92 Å². The highest BCUT2D eigenvalue weighted by Gasteiger charge is 2.34. The third kappa shape index (κ3) is 2.60. The molecule has 0 aromatic carbocycles. The highest BCUT2D eigenvalue weighted by Crippen LogP contribution is 2.35. The number of aromatic nitrogens is 3. The number of hydrogen-bond donors (Lipinski definition) is 0. The lowest BCUT2D eigenvalue weighted by Crippen LogP contribution is -2.46. The van der Waals surface area contributed by atoms with E-state index >= 15 is 0 Å². The van der Waals surface area contributed by atoms with Crippen molar-refractivity contribution in [1.82, 2.24) is 19.6 Å². The van der Waals surface area contributed by atoms with Gasteiger partial charge in [-0.05, 0) is 30.5 Å². The smallest absolute Gasteiger partial charge is 0.250 e. The molecule has 2 aliphatic rings. The van der Waals surface area contributed by atoms with Gasteiger partial charge < -0.3 is 13.5 Å². The van der Waals surface area contributed by atoms with Gasteiger partial charge in [-0.3, -0.25) is 9.69 Å². The second-order valence-corrected chi connectivity index (χ2v) is 6.88. The number of fused-ring (bicyclic) bond motifs is 4. The molecule has 2 atom stereocenters. The molecule has 0 radical (unpaired) electrons. The quantitative estimate of drug-likeness (QED) is 0.728. The molecule has 2 aliphatic heterocycles. The van der Waals surface area contributed by atoms with E-state index in [-0.39, 0.29) is 5.56 Å². The highest BCUT2D eigenvalue weighted by molar-refractivity contribution is 5.44. The number of nitrogens with zero attached hydrogens (tertiary/aromatic N) is 4. The minimum absolute atomic E-state index is 0.112. The highest BCUT2D eigenvalue weighted by atomic mass is 16.5.